The van der Waals surface area contributed by atoms with Crippen LogP contribution in [-0.4, -0.2) is 89.8 Å². The first-order valence-electron chi connectivity index (χ1n) is 9.90. The van der Waals surface area contributed by atoms with Crippen molar-refractivity contribution in [3.05, 3.63) is 27.4 Å². The smallest absolute Gasteiger partial charge is 0.352 e. The second-order valence-corrected chi connectivity index (χ2v) is 11.4. The topological polar surface area (TPSA) is 210 Å². The minimum atomic E-state index is -1.27. The number of oxime groups is 1. The summed E-state index contributed by atoms with van der Waals surface area (Å²) >= 11 is 4.74. The first-order chi connectivity index (χ1) is 17.2. The van der Waals surface area contributed by atoms with E-state index in [1.54, 1.807) is 0 Å². The minimum absolute atomic E-state index is 0.143. The van der Waals surface area contributed by atoms with Crippen molar-refractivity contribution < 1.29 is 34.2 Å². The SMILES string of the molecule is CON=C(C(=O)NC1C(=O)N2C(C(=O)O)=C(CSc3nnc(CC(=O)O)s3)CS[C@@H]12)c1csc(N)n1. The lowest BCUT2D eigenvalue weighted by molar-refractivity contribution is -0.150. The molecule has 1 fully saturated rings. The monoisotopic (exact) mass is 571 g/mol. The molecule has 0 spiro atoms. The van der Waals surface area contributed by atoms with Crippen LogP contribution < -0.4 is 11.1 Å². The fourth-order valence-electron chi connectivity index (χ4n) is 3.34. The van der Waals surface area contributed by atoms with E-state index in [4.69, 9.17) is 15.7 Å². The van der Waals surface area contributed by atoms with E-state index in [-0.39, 0.29) is 34.4 Å². The van der Waals surface area contributed by atoms with Crippen LogP contribution in [0, 0.1) is 0 Å². The van der Waals surface area contributed by atoms with Crippen LogP contribution in [0.1, 0.15) is 10.7 Å². The molecule has 0 aromatic carbocycles. The molecule has 0 aliphatic carbocycles. The molecule has 190 valence electrons. The number of β-lactam (4-membered cyclic amide) rings is 1. The first kappa shape index (κ1) is 25.9. The highest BCUT2D eigenvalue weighted by atomic mass is 32.2. The third kappa shape index (κ3) is 5.30. The Kier molecular flexibility index (Phi) is 7.76. The Morgan fingerprint density at radius 2 is 2.14 bits per heavy atom. The Morgan fingerprint density at radius 3 is 2.78 bits per heavy atom. The summed E-state index contributed by atoms with van der Waals surface area (Å²) in [6, 6.07) is -0.967. The van der Waals surface area contributed by atoms with Crippen molar-refractivity contribution in [2.45, 2.75) is 22.2 Å². The molecule has 2 atom stereocenters. The Balaban J connectivity index is 1.46. The summed E-state index contributed by atoms with van der Waals surface area (Å²) in [7, 11) is 1.26. The van der Waals surface area contributed by atoms with Gasteiger partial charge in [0.1, 0.15) is 34.9 Å². The molecule has 1 saturated heterocycles. The molecule has 36 heavy (non-hydrogen) atoms. The number of fused-ring (bicyclic) bond motifs is 1. The van der Waals surface area contributed by atoms with Gasteiger partial charge in [0.2, 0.25) is 0 Å². The van der Waals surface area contributed by atoms with E-state index in [9.17, 15) is 24.3 Å². The summed E-state index contributed by atoms with van der Waals surface area (Å²) in [6.07, 6.45) is -0.249. The number of carbonyl (C=O) groups excluding carboxylic acids is 2. The molecular weight excluding hydrogens is 555 g/mol. The Labute approximate surface area is 219 Å². The van der Waals surface area contributed by atoms with Crippen LogP contribution in [0.3, 0.4) is 0 Å². The van der Waals surface area contributed by atoms with Gasteiger partial charge < -0.3 is 26.1 Å². The number of nitrogens with one attached hydrogen (secondary N) is 1. The van der Waals surface area contributed by atoms with Gasteiger partial charge in [0.15, 0.2) is 15.2 Å². The van der Waals surface area contributed by atoms with Crippen LogP contribution in [0.15, 0.2) is 26.1 Å². The molecule has 4 heterocycles. The van der Waals surface area contributed by atoms with Crippen LogP contribution in [-0.2, 0) is 30.4 Å². The van der Waals surface area contributed by atoms with E-state index in [0.29, 0.717) is 20.7 Å². The molecule has 1 unspecified atom stereocenters. The maximum Gasteiger partial charge on any atom is 0.352 e. The van der Waals surface area contributed by atoms with Gasteiger partial charge in [-0.25, -0.2) is 9.78 Å². The van der Waals surface area contributed by atoms with Crippen LogP contribution >= 0.6 is 46.2 Å². The normalized spacial score (nSPS) is 19.5. The predicted molar refractivity (Wildman–Crippen MR) is 132 cm³/mol. The van der Waals surface area contributed by atoms with Gasteiger partial charge in [-0.2, -0.15) is 0 Å². The van der Waals surface area contributed by atoms with Crippen molar-refractivity contribution in [1.82, 2.24) is 25.4 Å². The van der Waals surface area contributed by atoms with Crippen LogP contribution in [0.25, 0.3) is 0 Å². The van der Waals surface area contributed by atoms with E-state index in [1.165, 1.54) is 36.0 Å². The Morgan fingerprint density at radius 1 is 1.36 bits per heavy atom. The lowest BCUT2D eigenvalue weighted by Gasteiger charge is -2.49. The highest BCUT2D eigenvalue weighted by Gasteiger charge is 2.54. The number of hydrogen-bond donors (Lipinski definition) is 4. The zero-order valence-corrected chi connectivity index (χ0v) is 21.5. The molecule has 2 aromatic heterocycles. The number of aliphatic carboxylic acids is 2. The second-order valence-electron chi connectivity index (χ2n) is 7.13. The van der Waals surface area contributed by atoms with Crippen LogP contribution in [0.2, 0.25) is 0 Å². The maximum atomic E-state index is 12.9. The number of rotatable bonds is 10. The number of carbonyl (C=O) groups is 4. The lowest BCUT2D eigenvalue weighted by Crippen LogP contribution is -2.71. The largest absolute Gasteiger partial charge is 0.481 e. The molecule has 0 bridgehead atoms. The minimum Gasteiger partial charge on any atom is -0.481 e. The lowest BCUT2D eigenvalue weighted by atomic mass is 10.0. The Bertz CT molecular complexity index is 1290. The highest BCUT2D eigenvalue weighted by Crippen LogP contribution is 2.41. The molecule has 4 rings (SSSR count). The molecule has 2 aliphatic heterocycles. The van der Waals surface area contributed by atoms with Gasteiger partial charge in [0, 0.05) is 16.9 Å². The van der Waals surface area contributed by atoms with E-state index < -0.39 is 35.2 Å². The van der Waals surface area contributed by atoms with E-state index >= 15 is 0 Å². The molecule has 2 aromatic rings. The third-order valence-corrected chi connectivity index (χ3v) is 8.98. The molecule has 0 saturated carbocycles. The average Bonchev–Trinajstić information content (AvgIpc) is 3.46. The number of nitrogens with two attached hydrogens (primary N) is 1. The number of thioether (sulfide) groups is 2. The van der Waals surface area contributed by atoms with Crippen molar-refractivity contribution in [1.29, 1.82) is 0 Å². The van der Waals surface area contributed by atoms with Crippen molar-refractivity contribution in [2.75, 3.05) is 24.3 Å². The van der Waals surface area contributed by atoms with Crippen LogP contribution in [0.4, 0.5) is 5.13 Å². The number of nitrogens with zero attached hydrogens (tertiary/aromatic N) is 5. The fraction of sp³-hybridized carbons (Fsp3) is 0.333. The van der Waals surface area contributed by atoms with Gasteiger partial charge in [-0.1, -0.05) is 28.3 Å². The number of anilines is 1. The average molecular weight is 572 g/mol. The highest BCUT2D eigenvalue weighted by molar-refractivity contribution is 8.01. The molecule has 0 radical (unpaired) electrons. The molecule has 18 heteroatoms. The van der Waals surface area contributed by atoms with Crippen molar-refractivity contribution in [2.24, 2.45) is 5.16 Å². The third-order valence-electron chi connectivity index (χ3n) is 4.82. The first-order valence-corrected chi connectivity index (χ1v) is 13.6. The summed E-state index contributed by atoms with van der Waals surface area (Å²) in [5.41, 5.74) is 6.00. The summed E-state index contributed by atoms with van der Waals surface area (Å²) < 4.78 is 0.489. The zero-order valence-electron chi connectivity index (χ0n) is 18.2. The van der Waals surface area contributed by atoms with E-state index in [1.807, 2.05) is 0 Å². The van der Waals surface area contributed by atoms with Gasteiger partial charge in [-0.05, 0) is 5.57 Å². The molecular formula is C18H17N7O7S4. The molecule has 2 amide bonds. The quantitative estimate of drug-likeness (QED) is 0.129. The van der Waals surface area contributed by atoms with Gasteiger partial charge in [0.25, 0.3) is 11.8 Å². The second kappa shape index (κ2) is 10.8. The number of carboxylic acids is 2. The molecule has 5 N–H and O–H groups in total. The summed E-state index contributed by atoms with van der Waals surface area (Å²) in [4.78, 5) is 58.5. The van der Waals surface area contributed by atoms with Gasteiger partial charge in [0.05, 0.1) is 6.42 Å². The Hall–Kier alpha value is -3.22. The summed E-state index contributed by atoms with van der Waals surface area (Å²) in [5.74, 6) is -3.05. The van der Waals surface area contributed by atoms with Gasteiger partial charge in [-0.15, -0.1) is 33.3 Å². The van der Waals surface area contributed by atoms with Crippen molar-refractivity contribution in [3.8, 4) is 0 Å². The predicted octanol–water partition coefficient (Wildman–Crippen LogP) is 0.0853. The summed E-state index contributed by atoms with van der Waals surface area (Å²) in [6.45, 7) is 0. The standard InChI is InChI=1S/C18H17N7O7S4/c1-32-24-10(7-5-34-17(19)20-7)13(28)21-11-14(29)25-12(16(30)31)6(3-33-15(11)25)4-35-18-23-22-8(36-18)2-9(26)27/h5,11,15H,2-4H2,1H3,(H2,19,20)(H,21,28)(H,26,27)(H,30,31)/t11?,15-/m0/s1. The van der Waals surface area contributed by atoms with E-state index in [0.717, 1.165) is 27.6 Å². The van der Waals surface area contributed by atoms with Crippen molar-refractivity contribution >= 4 is 80.8 Å². The van der Waals surface area contributed by atoms with E-state index in [2.05, 4.69) is 25.7 Å². The van der Waals surface area contributed by atoms with Crippen molar-refractivity contribution in [3.63, 3.8) is 0 Å². The number of nitrogen functional groups attached to an aromatic ring is 1. The number of carboxylic acid groups (broad SMARTS) is 2. The number of aromatic nitrogens is 3. The summed E-state index contributed by atoms with van der Waals surface area (Å²) in [5, 5.41) is 34.1. The van der Waals surface area contributed by atoms with Gasteiger partial charge in [-0.3, -0.25) is 19.3 Å². The number of hydrogen-bond acceptors (Lipinski definition) is 14. The zero-order chi connectivity index (χ0) is 26.0. The van der Waals surface area contributed by atoms with Crippen LogP contribution in [0.5, 0.6) is 0 Å². The fourth-order valence-corrected chi connectivity index (χ4v) is 7.26. The molecule has 14 nitrogen and oxygen atoms in total. The molecule has 2 aliphatic rings. The number of amides is 2. The number of thiazole rings is 1. The maximum absolute atomic E-state index is 12.9. The van der Waals surface area contributed by atoms with Gasteiger partial charge >= 0.3 is 11.9 Å².